The Morgan fingerprint density at radius 1 is 1.33 bits per heavy atom. The summed E-state index contributed by atoms with van der Waals surface area (Å²) in [5.74, 6) is 1.91. The van der Waals surface area contributed by atoms with Gasteiger partial charge < -0.3 is 5.32 Å². The van der Waals surface area contributed by atoms with Gasteiger partial charge in [0.2, 0.25) is 0 Å². The maximum absolute atomic E-state index is 14.1. The summed E-state index contributed by atoms with van der Waals surface area (Å²) in [4.78, 5) is 0. The molecule has 102 valence electrons. The first-order chi connectivity index (χ1) is 8.70. The molecule has 1 rings (SSSR count). The summed E-state index contributed by atoms with van der Waals surface area (Å²) < 4.78 is 14.6. The van der Waals surface area contributed by atoms with Crippen molar-refractivity contribution in [1.29, 1.82) is 0 Å². The number of hydrogen-bond donors (Lipinski definition) is 1. The number of thioether (sulfide) groups is 1. The van der Waals surface area contributed by atoms with Crippen LogP contribution in [0.3, 0.4) is 0 Å². The van der Waals surface area contributed by atoms with E-state index in [0.717, 1.165) is 36.5 Å². The van der Waals surface area contributed by atoms with E-state index in [1.54, 1.807) is 6.07 Å². The number of halogens is 2. The highest BCUT2D eigenvalue weighted by atomic mass is 79.9. The van der Waals surface area contributed by atoms with Gasteiger partial charge in [-0.3, -0.25) is 0 Å². The molecule has 1 N–H and O–H groups in total. The van der Waals surface area contributed by atoms with E-state index < -0.39 is 0 Å². The number of nitrogens with one attached hydrogen (secondary N) is 1. The summed E-state index contributed by atoms with van der Waals surface area (Å²) >= 11 is 5.13. The van der Waals surface area contributed by atoms with E-state index in [2.05, 4.69) is 35.1 Å². The van der Waals surface area contributed by atoms with E-state index in [9.17, 15) is 4.39 Å². The molecule has 0 saturated heterocycles. The molecule has 1 atom stereocenters. The second kappa shape index (κ2) is 8.94. The molecule has 1 unspecified atom stereocenters. The normalized spacial score (nSPS) is 12.7. The molecule has 0 aliphatic heterocycles. The Kier molecular flexibility index (Phi) is 7.95. The van der Waals surface area contributed by atoms with Crippen LogP contribution < -0.4 is 5.32 Å². The first-order valence-electron chi connectivity index (χ1n) is 6.45. The van der Waals surface area contributed by atoms with Crippen molar-refractivity contribution in [3.63, 3.8) is 0 Å². The molecule has 0 aromatic heterocycles. The molecule has 18 heavy (non-hydrogen) atoms. The molecule has 0 heterocycles. The smallest absolute Gasteiger partial charge is 0.142 e. The lowest BCUT2D eigenvalue weighted by Gasteiger charge is -2.19. The Balaban J connectivity index is 2.76. The van der Waals surface area contributed by atoms with Gasteiger partial charge in [0.15, 0.2) is 0 Å². The third kappa shape index (κ3) is 4.90. The van der Waals surface area contributed by atoms with E-state index in [-0.39, 0.29) is 11.9 Å². The molecule has 1 aromatic rings. The van der Waals surface area contributed by atoms with Gasteiger partial charge in [0, 0.05) is 17.4 Å². The molecule has 1 nitrogen and oxygen atoms in total. The van der Waals surface area contributed by atoms with Crippen molar-refractivity contribution < 1.29 is 4.39 Å². The summed E-state index contributed by atoms with van der Waals surface area (Å²) in [6.07, 6.45) is 2.22. The van der Waals surface area contributed by atoms with Crippen molar-refractivity contribution in [1.82, 2.24) is 5.32 Å². The standard InChI is InChI=1S/C14H21BrFNS/c1-3-8-17-13(10-18-9-4-2)11-6-5-7-12(15)14(11)16/h5-7,13,17H,3-4,8-10H2,1-2H3. The largest absolute Gasteiger partial charge is 0.309 e. The zero-order valence-corrected chi connectivity index (χ0v) is 13.4. The van der Waals surface area contributed by atoms with Gasteiger partial charge in [-0.2, -0.15) is 11.8 Å². The van der Waals surface area contributed by atoms with Gasteiger partial charge in [-0.15, -0.1) is 0 Å². The Bertz CT molecular complexity index is 360. The van der Waals surface area contributed by atoms with Crippen molar-refractivity contribution in [2.24, 2.45) is 0 Å². The van der Waals surface area contributed by atoms with Crippen LogP contribution in [-0.2, 0) is 0 Å². The van der Waals surface area contributed by atoms with Gasteiger partial charge in [0.1, 0.15) is 5.82 Å². The van der Waals surface area contributed by atoms with Crippen LogP contribution in [0.2, 0.25) is 0 Å². The summed E-state index contributed by atoms with van der Waals surface area (Å²) in [5.41, 5.74) is 0.765. The fourth-order valence-corrected chi connectivity index (χ4v) is 3.08. The molecular formula is C14H21BrFNS. The summed E-state index contributed by atoms with van der Waals surface area (Å²) in [6, 6.07) is 5.61. The predicted octanol–water partition coefficient (Wildman–Crippen LogP) is 4.77. The van der Waals surface area contributed by atoms with Gasteiger partial charge in [-0.05, 0) is 47.1 Å². The molecule has 0 aliphatic carbocycles. The molecule has 0 spiro atoms. The molecular weight excluding hydrogens is 313 g/mol. The van der Waals surface area contributed by atoms with Crippen LogP contribution in [-0.4, -0.2) is 18.1 Å². The Morgan fingerprint density at radius 2 is 2.11 bits per heavy atom. The average molecular weight is 334 g/mol. The molecule has 0 bridgehead atoms. The SMILES string of the molecule is CCCNC(CSCCC)c1cccc(Br)c1F. The van der Waals surface area contributed by atoms with Crippen molar-refractivity contribution >= 4 is 27.7 Å². The van der Waals surface area contributed by atoms with Gasteiger partial charge >= 0.3 is 0 Å². The number of benzene rings is 1. The summed E-state index contributed by atoms with van der Waals surface area (Å²) in [6.45, 7) is 5.21. The number of rotatable bonds is 8. The van der Waals surface area contributed by atoms with Crippen LogP contribution in [0.25, 0.3) is 0 Å². The van der Waals surface area contributed by atoms with Gasteiger partial charge in [0.25, 0.3) is 0 Å². The van der Waals surface area contributed by atoms with Crippen LogP contribution in [0.5, 0.6) is 0 Å². The Labute approximate surface area is 122 Å². The average Bonchev–Trinajstić information content (AvgIpc) is 2.37. The number of hydrogen-bond acceptors (Lipinski definition) is 2. The van der Waals surface area contributed by atoms with Crippen molar-refractivity contribution in [2.75, 3.05) is 18.1 Å². The molecule has 1 aromatic carbocycles. The fraction of sp³-hybridized carbons (Fsp3) is 0.571. The zero-order chi connectivity index (χ0) is 13.4. The van der Waals surface area contributed by atoms with E-state index in [1.165, 1.54) is 0 Å². The van der Waals surface area contributed by atoms with Crippen molar-refractivity contribution in [3.8, 4) is 0 Å². The van der Waals surface area contributed by atoms with Crippen molar-refractivity contribution in [3.05, 3.63) is 34.1 Å². The van der Waals surface area contributed by atoms with Crippen LogP contribution in [0.15, 0.2) is 22.7 Å². The highest BCUT2D eigenvalue weighted by molar-refractivity contribution is 9.10. The van der Waals surface area contributed by atoms with Gasteiger partial charge in [0.05, 0.1) is 4.47 Å². The minimum absolute atomic E-state index is 0.0963. The van der Waals surface area contributed by atoms with Crippen LogP contribution >= 0.6 is 27.7 Å². The monoisotopic (exact) mass is 333 g/mol. The van der Waals surface area contributed by atoms with E-state index in [0.29, 0.717) is 4.47 Å². The lowest BCUT2D eigenvalue weighted by Crippen LogP contribution is -2.25. The molecule has 0 amide bonds. The van der Waals surface area contributed by atoms with E-state index >= 15 is 0 Å². The van der Waals surface area contributed by atoms with Gasteiger partial charge in [-0.25, -0.2) is 4.39 Å². The van der Waals surface area contributed by atoms with E-state index in [4.69, 9.17) is 0 Å². The maximum atomic E-state index is 14.1. The van der Waals surface area contributed by atoms with E-state index in [1.807, 2.05) is 23.9 Å². The fourth-order valence-electron chi connectivity index (χ4n) is 1.71. The van der Waals surface area contributed by atoms with Crippen LogP contribution in [0.1, 0.15) is 38.3 Å². The first-order valence-corrected chi connectivity index (χ1v) is 8.40. The van der Waals surface area contributed by atoms with Crippen LogP contribution in [0.4, 0.5) is 4.39 Å². The topological polar surface area (TPSA) is 12.0 Å². The molecule has 0 radical (unpaired) electrons. The highest BCUT2D eigenvalue weighted by Crippen LogP contribution is 2.26. The minimum atomic E-state index is -0.136. The predicted molar refractivity (Wildman–Crippen MR) is 82.8 cm³/mol. The van der Waals surface area contributed by atoms with Crippen LogP contribution in [0, 0.1) is 5.82 Å². The second-order valence-corrected chi connectivity index (χ2v) is 6.23. The molecule has 4 heteroatoms. The zero-order valence-electron chi connectivity index (χ0n) is 11.0. The Hall–Kier alpha value is -0.0600. The third-order valence-corrected chi connectivity index (χ3v) is 4.51. The minimum Gasteiger partial charge on any atom is -0.309 e. The second-order valence-electron chi connectivity index (χ2n) is 4.22. The first kappa shape index (κ1) is 16.0. The van der Waals surface area contributed by atoms with Gasteiger partial charge in [-0.1, -0.05) is 26.0 Å². The molecule has 0 aliphatic rings. The summed E-state index contributed by atoms with van der Waals surface area (Å²) in [7, 11) is 0. The lowest BCUT2D eigenvalue weighted by atomic mass is 10.1. The maximum Gasteiger partial charge on any atom is 0.142 e. The molecule has 0 saturated carbocycles. The highest BCUT2D eigenvalue weighted by Gasteiger charge is 2.16. The summed E-state index contributed by atoms with van der Waals surface area (Å²) in [5, 5.41) is 3.43. The quantitative estimate of drug-likeness (QED) is 0.687. The van der Waals surface area contributed by atoms with Crippen molar-refractivity contribution in [2.45, 2.75) is 32.7 Å². The lowest BCUT2D eigenvalue weighted by molar-refractivity contribution is 0.529. The Morgan fingerprint density at radius 3 is 2.78 bits per heavy atom. The third-order valence-electron chi connectivity index (χ3n) is 2.63. The molecule has 0 fully saturated rings.